The largest absolute Gasteiger partial charge is 0.394 e. The normalized spacial score (nSPS) is 12.6. The van der Waals surface area contributed by atoms with Gasteiger partial charge in [-0.25, -0.2) is 0 Å². The van der Waals surface area contributed by atoms with Crippen molar-refractivity contribution in [2.75, 3.05) is 11.9 Å². The molecular formula is C14H20N4O. The number of pyridine rings is 1. The summed E-state index contributed by atoms with van der Waals surface area (Å²) < 4.78 is 1.73. The van der Waals surface area contributed by atoms with Crippen LogP contribution >= 0.6 is 0 Å². The Labute approximate surface area is 113 Å². The van der Waals surface area contributed by atoms with E-state index in [1.165, 1.54) is 0 Å². The third-order valence-corrected chi connectivity index (χ3v) is 2.99. The van der Waals surface area contributed by atoms with Crippen LogP contribution in [0.4, 0.5) is 5.69 Å². The molecule has 0 saturated heterocycles. The lowest BCUT2D eigenvalue weighted by molar-refractivity contribution is 0.269. The first kappa shape index (κ1) is 13.5. The first-order chi connectivity index (χ1) is 9.20. The molecule has 2 N–H and O–H groups in total. The Bertz CT molecular complexity index is 495. The zero-order valence-corrected chi connectivity index (χ0v) is 11.3. The molecule has 19 heavy (non-hydrogen) atoms. The van der Waals surface area contributed by atoms with Gasteiger partial charge in [-0.05, 0) is 17.5 Å². The van der Waals surface area contributed by atoms with Crippen LogP contribution in [0.15, 0.2) is 36.9 Å². The molecule has 0 aliphatic rings. The van der Waals surface area contributed by atoms with E-state index in [4.69, 9.17) is 5.11 Å². The molecule has 0 bridgehead atoms. The van der Waals surface area contributed by atoms with Crippen LogP contribution in [-0.2, 0) is 6.54 Å². The van der Waals surface area contributed by atoms with Crippen LogP contribution in [0.25, 0.3) is 0 Å². The van der Waals surface area contributed by atoms with E-state index in [-0.39, 0.29) is 12.6 Å². The number of anilines is 1. The van der Waals surface area contributed by atoms with Crippen molar-refractivity contribution in [2.24, 2.45) is 5.92 Å². The molecule has 5 heteroatoms. The van der Waals surface area contributed by atoms with Crippen LogP contribution in [0.5, 0.6) is 0 Å². The fourth-order valence-electron chi connectivity index (χ4n) is 2.04. The quantitative estimate of drug-likeness (QED) is 0.834. The molecule has 2 heterocycles. The predicted molar refractivity (Wildman–Crippen MR) is 74.8 cm³/mol. The zero-order valence-electron chi connectivity index (χ0n) is 11.3. The number of hydrogen-bond donors (Lipinski definition) is 2. The number of nitrogens with one attached hydrogen (secondary N) is 1. The van der Waals surface area contributed by atoms with Gasteiger partial charge in [0.2, 0.25) is 0 Å². The summed E-state index contributed by atoms with van der Waals surface area (Å²) in [4.78, 5) is 4.17. The molecule has 2 aromatic heterocycles. The summed E-state index contributed by atoms with van der Waals surface area (Å²) in [7, 11) is 0. The van der Waals surface area contributed by atoms with Crippen molar-refractivity contribution < 1.29 is 5.11 Å². The van der Waals surface area contributed by atoms with Gasteiger partial charge in [0.05, 0.1) is 31.1 Å². The molecule has 0 fully saturated rings. The predicted octanol–water partition coefficient (Wildman–Crippen LogP) is 2.08. The number of aliphatic hydroxyl groups excluding tert-OH is 1. The van der Waals surface area contributed by atoms with E-state index in [2.05, 4.69) is 35.3 Å². The third kappa shape index (κ3) is 3.54. The molecule has 0 spiro atoms. The SMILES string of the molecule is CC(C)C(Nc1cnn(CCO)c1)c1cccnc1. The maximum atomic E-state index is 8.89. The first-order valence-electron chi connectivity index (χ1n) is 6.50. The van der Waals surface area contributed by atoms with Crippen molar-refractivity contribution in [2.45, 2.75) is 26.4 Å². The van der Waals surface area contributed by atoms with Crippen LogP contribution in [0, 0.1) is 5.92 Å². The van der Waals surface area contributed by atoms with Gasteiger partial charge in [0.1, 0.15) is 0 Å². The van der Waals surface area contributed by atoms with Gasteiger partial charge in [0.15, 0.2) is 0 Å². The fraction of sp³-hybridized carbons (Fsp3) is 0.429. The Morgan fingerprint density at radius 1 is 1.37 bits per heavy atom. The smallest absolute Gasteiger partial charge is 0.0731 e. The molecule has 1 atom stereocenters. The standard InChI is InChI=1S/C14H20N4O/c1-11(2)14(12-4-3-5-15-8-12)17-13-9-16-18(10-13)6-7-19/h3-5,8-11,14,17,19H,6-7H2,1-2H3. The van der Waals surface area contributed by atoms with Crippen molar-refractivity contribution in [3.05, 3.63) is 42.5 Å². The minimum atomic E-state index is 0.0946. The number of rotatable bonds is 6. The van der Waals surface area contributed by atoms with Gasteiger partial charge in [0.25, 0.3) is 0 Å². The Balaban J connectivity index is 2.12. The summed E-state index contributed by atoms with van der Waals surface area (Å²) in [5.74, 6) is 0.436. The molecule has 0 saturated carbocycles. The highest BCUT2D eigenvalue weighted by Crippen LogP contribution is 2.25. The van der Waals surface area contributed by atoms with E-state index in [1.807, 2.05) is 18.5 Å². The van der Waals surface area contributed by atoms with Gasteiger partial charge in [-0.3, -0.25) is 9.67 Å². The second-order valence-electron chi connectivity index (χ2n) is 4.87. The molecule has 102 valence electrons. The second-order valence-corrected chi connectivity index (χ2v) is 4.87. The maximum Gasteiger partial charge on any atom is 0.0731 e. The van der Waals surface area contributed by atoms with Gasteiger partial charge in [-0.15, -0.1) is 0 Å². The highest BCUT2D eigenvalue weighted by Gasteiger charge is 2.16. The van der Waals surface area contributed by atoms with Crippen LogP contribution in [-0.4, -0.2) is 26.5 Å². The summed E-state index contributed by atoms with van der Waals surface area (Å²) in [6.07, 6.45) is 7.35. The van der Waals surface area contributed by atoms with Crippen molar-refractivity contribution in [1.82, 2.24) is 14.8 Å². The van der Waals surface area contributed by atoms with Gasteiger partial charge >= 0.3 is 0 Å². The van der Waals surface area contributed by atoms with E-state index in [9.17, 15) is 0 Å². The third-order valence-electron chi connectivity index (χ3n) is 2.99. The van der Waals surface area contributed by atoms with E-state index in [1.54, 1.807) is 17.1 Å². The number of aromatic nitrogens is 3. The number of nitrogens with zero attached hydrogens (tertiary/aromatic N) is 3. The van der Waals surface area contributed by atoms with Crippen LogP contribution < -0.4 is 5.32 Å². The van der Waals surface area contributed by atoms with Gasteiger partial charge in [0, 0.05) is 18.6 Å². The molecule has 2 aromatic rings. The number of aliphatic hydroxyl groups is 1. The minimum Gasteiger partial charge on any atom is -0.394 e. The Kier molecular flexibility index (Phi) is 4.52. The molecule has 2 rings (SSSR count). The summed E-state index contributed by atoms with van der Waals surface area (Å²) in [6.45, 7) is 4.95. The topological polar surface area (TPSA) is 63.0 Å². The van der Waals surface area contributed by atoms with Gasteiger partial charge in [-0.1, -0.05) is 19.9 Å². The average molecular weight is 260 g/mol. The second kappa shape index (κ2) is 6.33. The van der Waals surface area contributed by atoms with E-state index >= 15 is 0 Å². The Morgan fingerprint density at radius 2 is 2.21 bits per heavy atom. The van der Waals surface area contributed by atoms with E-state index < -0.39 is 0 Å². The monoisotopic (exact) mass is 260 g/mol. The van der Waals surface area contributed by atoms with E-state index in [0.29, 0.717) is 12.5 Å². The van der Waals surface area contributed by atoms with Crippen molar-refractivity contribution in [1.29, 1.82) is 0 Å². The van der Waals surface area contributed by atoms with Crippen molar-refractivity contribution >= 4 is 5.69 Å². The molecular weight excluding hydrogens is 240 g/mol. The first-order valence-corrected chi connectivity index (χ1v) is 6.50. The molecule has 0 aromatic carbocycles. The Hall–Kier alpha value is -1.88. The van der Waals surface area contributed by atoms with Crippen LogP contribution in [0.2, 0.25) is 0 Å². The Morgan fingerprint density at radius 3 is 2.84 bits per heavy atom. The summed E-state index contributed by atoms with van der Waals surface area (Å²) in [5.41, 5.74) is 2.11. The zero-order chi connectivity index (χ0) is 13.7. The van der Waals surface area contributed by atoms with Crippen molar-refractivity contribution in [3.63, 3.8) is 0 Å². The molecule has 0 amide bonds. The van der Waals surface area contributed by atoms with Crippen LogP contribution in [0.3, 0.4) is 0 Å². The number of hydrogen-bond acceptors (Lipinski definition) is 4. The summed E-state index contributed by atoms with van der Waals surface area (Å²) >= 11 is 0. The van der Waals surface area contributed by atoms with E-state index in [0.717, 1.165) is 11.3 Å². The molecule has 1 unspecified atom stereocenters. The van der Waals surface area contributed by atoms with Gasteiger partial charge < -0.3 is 10.4 Å². The lowest BCUT2D eigenvalue weighted by atomic mass is 9.97. The minimum absolute atomic E-state index is 0.0946. The lowest BCUT2D eigenvalue weighted by Gasteiger charge is -2.22. The lowest BCUT2D eigenvalue weighted by Crippen LogP contribution is -2.16. The highest BCUT2D eigenvalue weighted by molar-refractivity contribution is 5.41. The maximum absolute atomic E-state index is 8.89. The highest BCUT2D eigenvalue weighted by atomic mass is 16.3. The average Bonchev–Trinajstić information content (AvgIpc) is 2.85. The molecule has 0 radical (unpaired) electrons. The molecule has 0 aliphatic carbocycles. The van der Waals surface area contributed by atoms with Gasteiger partial charge in [-0.2, -0.15) is 5.10 Å². The summed E-state index contributed by atoms with van der Waals surface area (Å²) in [5, 5.41) is 16.5. The molecule has 0 aliphatic heterocycles. The van der Waals surface area contributed by atoms with Crippen LogP contribution in [0.1, 0.15) is 25.5 Å². The fourth-order valence-corrected chi connectivity index (χ4v) is 2.04. The molecule has 5 nitrogen and oxygen atoms in total. The van der Waals surface area contributed by atoms with Crippen molar-refractivity contribution in [3.8, 4) is 0 Å². The summed E-state index contributed by atoms with van der Waals surface area (Å²) in [6, 6.07) is 4.21.